The largest absolute Gasteiger partial charge is 0.290 e. The van der Waals surface area contributed by atoms with Gasteiger partial charge in [0.15, 0.2) is 0 Å². The zero-order valence-electron chi connectivity index (χ0n) is 30.6. The summed E-state index contributed by atoms with van der Waals surface area (Å²) >= 11 is 1.86. The number of benzene rings is 8. The van der Waals surface area contributed by atoms with Gasteiger partial charge in [0.05, 0.1) is 29.4 Å². The van der Waals surface area contributed by atoms with Gasteiger partial charge in [-0.15, -0.1) is 21.9 Å². The highest BCUT2D eigenvalue weighted by Gasteiger charge is 2.34. The smallest absolute Gasteiger partial charge is 0.207 e. The van der Waals surface area contributed by atoms with Gasteiger partial charge in [-0.2, -0.15) is 0 Å². The predicted molar refractivity (Wildman–Crippen MR) is 235 cm³/mol. The number of hydrogen-bond acceptors (Lipinski definition) is 7. The molecule has 1 aromatic heterocycles. The van der Waals surface area contributed by atoms with Gasteiger partial charge in [0, 0.05) is 53.6 Å². The van der Waals surface area contributed by atoms with Crippen LogP contribution in [0.5, 0.6) is 0 Å². The fraction of sp³-hybridized carbons (Fsp3) is 0. The molecule has 286 valence electrons. The molecule has 0 bridgehead atoms. The molecule has 0 spiro atoms. The van der Waals surface area contributed by atoms with E-state index in [1.165, 1.54) is 20.2 Å². The van der Waals surface area contributed by atoms with Crippen LogP contribution in [0.3, 0.4) is 0 Å². The van der Waals surface area contributed by atoms with Crippen molar-refractivity contribution in [1.29, 1.82) is 0 Å². The summed E-state index contributed by atoms with van der Waals surface area (Å²) in [5.41, 5.74) is 5.13. The molecular formula is C48H34O6S4. The topological polar surface area (TPSA) is 109 Å². The van der Waals surface area contributed by atoms with Crippen LogP contribution in [0.4, 0.5) is 0 Å². The molecule has 0 saturated heterocycles. The standard InChI is InChI=1S/C12H10O2S.2C12H8O2S.C12H8S/c3*13-15(14)11-7-3-1-5-9(11)10-6-2-4-8-12(10)15;1-3-7-11-9(5-1)10-6-2-4-8-12(10)13-11/h1-8,13-14H;2*1-8H;1-8H. The van der Waals surface area contributed by atoms with E-state index in [9.17, 15) is 25.9 Å². The molecule has 12 rings (SSSR count). The van der Waals surface area contributed by atoms with E-state index >= 15 is 0 Å². The molecule has 58 heavy (non-hydrogen) atoms. The van der Waals surface area contributed by atoms with Gasteiger partial charge in [-0.25, -0.2) is 16.8 Å². The van der Waals surface area contributed by atoms with Gasteiger partial charge in [0.2, 0.25) is 19.7 Å². The van der Waals surface area contributed by atoms with Crippen molar-refractivity contribution in [3.05, 3.63) is 194 Å². The van der Waals surface area contributed by atoms with Crippen LogP contribution in [0, 0.1) is 0 Å². The third-order valence-corrected chi connectivity index (χ3v) is 17.1. The van der Waals surface area contributed by atoms with E-state index in [1.54, 1.807) is 60.7 Å². The van der Waals surface area contributed by atoms with Crippen molar-refractivity contribution in [3.63, 3.8) is 0 Å². The Morgan fingerprint density at radius 3 is 0.828 bits per heavy atom. The summed E-state index contributed by atoms with van der Waals surface area (Å²) in [5.74, 6) is 0. The molecule has 3 aliphatic rings. The van der Waals surface area contributed by atoms with Crippen LogP contribution in [0.1, 0.15) is 0 Å². The number of rotatable bonds is 0. The molecule has 0 saturated carbocycles. The molecule has 2 N–H and O–H groups in total. The summed E-state index contributed by atoms with van der Waals surface area (Å²) < 4.78 is 71.3. The van der Waals surface area contributed by atoms with Gasteiger partial charge >= 0.3 is 0 Å². The number of fused-ring (bicyclic) bond motifs is 12. The van der Waals surface area contributed by atoms with Gasteiger partial charge in [-0.05, 0) is 48.5 Å². The summed E-state index contributed by atoms with van der Waals surface area (Å²) in [4.78, 5) is 2.98. The fourth-order valence-corrected chi connectivity index (χ4v) is 13.8. The SMILES string of the molecule is O=S1(=O)c2ccccc2-c2ccccc21.O=S1(=O)c2ccccc2-c2ccccc21.OS1(O)c2ccccc2-c2ccccc21.c1ccc2c(c1)sc1ccccc12. The summed E-state index contributed by atoms with van der Waals surface area (Å²) in [7, 11) is -9.29. The molecule has 0 atom stereocenters. The van der Waals surface area contributed by atoms with Crippen LogP contribution in [0.2, 0.25) is 0 Å². The van der Waals surface area contributed by atoms with Crippen LogP contribution in [-0.4, -0.2) is 25.9 Å². The molecule has 0 fully saturated rings. The second-order valence-electron chi connectivity index (χ2n) is 13.6. The Balaban J connectivity index is 0.000000100. The first-order chi connectivity index (χ1) is 28.1. The average Bonchev–Trinajstić information content (AvgIpc) is 3.91. The number of hydrogen-bond donors (Lipinski definition) is 2. The maximum absolute atomic E-state index is 12.1. The zero-order valence-corrected chi connectivity index (χ0v) is 33.9. The minimum atomic E-state index is -3.26. The van der Waals surface area contributed by atoms with Crippen LogP contribution in [0.25, 0.3) is 53.6 Å². The van der Waals surface area contributed by atoms with Gasteiger partial charge in [-0.3, -0.25) is 9.11 Å². The van der Waals surface area contributed by atoms with Gasteiger partial charge in [-0.1, -0.05) is 146 Å². The second kappa shape index (κ2) is 14.8. The number of thiophene rings is 1. The Morgan fingerprint density at radius 1 is 0.293 bits per heavy atom. The Morgan fingerprint density at radius 2 is 0.517 bits per heavy atom. The fourth-order valence-electron chi connectivity index (χ4n) is 7.60. The molecule has 10 heteroatoms. The molecule has 0 unspecified atom stereocenters. The maximum Gasteiger partial charge on any atom is 0.207 e. The van der Waals surface area contributed by atoms with E-state index < -0.39 is 30.3 Å². The van der Waals surface area contributed by atoms with E-state index in [2.05, 4.69) is 48.5 Å². The van der Waals surface area contributed by atoms with E-state index in [0.717, 1.165) is 33.4 Å². The molecule has 6 nitrogen and oxygen atoms in total. The van der Waals surface area contributed by atoms with Crippen molar-refractivity contribution < 1.29 is 25.9 Å². The van der Waals surface area contributed by atoms with Crippen LogP contribution < -0.4 is 0 Å². The Labute approximate surface area is 342 Å². The predicted octanol–water partition coefficient (Wildman–Crippen LogP) is 12.9. The van der Waals surface area contributed by atoms with Crippen LogP contribution in [0.15, 0.2) is 223 Å². The van der Waals surface area contributed by atoms with Crippen molar-refractivity contribution in [3.8, 4) is 33.4 Å². The monoisotopic (exact) mass is 834 g/mol. The van der Waals surface area contributed by atoms with E-state index in [-0.39, 0.29) is 0 Å². The third kappa shape index (κ3) is 6.35. The summed E-state index contributed by atoms with van der Waals surface area (Å²) in [6.45, 7) is 0. The summed E-state index contributed by atoms with van der Waals surface area (Å²) in [6.07, 6.45) is 0. The van der Waals surface area contributed by atoms with Crippen molar-refractivity contribution in [2.75, 3.05) is 0 Å². The van der Waals surface area contributed by atoms with Crippen molar-refractivity contribution in [2.24, 2.45) is 0 Å². The minimum Gasteiger partial charge on any atom is -0.290 e. The summed E-state index contributed by atoms with van der Waals surface area (Å²) in [5, 5.41) is 2.76. The van der Waals surface area contributed by atoms with Crippen molar-refractivity contribution >= 4 is 61.8 Å². The summed E-state index contributed by atoms with van der Waals surface area (Å²) in [6, 6.07) is 60.5. The van der Waals surface area contributed by atoms with Crippen molar-refractivity contribution in [1.82, 2.24) is 0 Å². The Bertz CT molecular complexity index is 2940. The lowest BCUT2D eigenvalue weighted by molar-refractivity contribution is 0.490. The van der Waals surface area contributed by atoms with E-state index in [4.69, 9.17) is 0 Å². The van der Waals surface area contributed by atoms with Crippen LogP contribution in [-0.2, 0) is 19.7 Å². The maximum atomic E-state index is 12.1. The lowest BCUT2D eigenvalue weighted by Crippen LogP contribution is -1.95. The second-order valence-corrected chi connectivity index (χ2v) is 20.5. The Kier molecular flexibility index (Phi) is 9.64. The molecular weight excluding hydrogens is 801 g/mol. The quantitative estimate of drug-likeness (QED) is 0.157. The lowest BCUT2D eigenvalue weighted by Gasteiger charge is -2.28. The lowest BCUT2D eigenvalue weighted by atomic mass is 10.1. The van der Waals surface area contributed by atoms with Gasteiger partial charge < -0.3 is 0 Å². The van der Waals surface area contributed by atoms with Gasteiger partial charge in [0.25, 0.3) is 0 Å². The normalized spacial score (nSPS) is 15.3. The average molecular weight is 835 g/mol. The first kappa shape index (κ1) is 37.7. The highest BCUT2D eigenvalue weighted by molar-refractivity contribution is 8.24. The third-order valence-electron chi connectivity index (χ3n) is 10.2. The van der Waals surface area contributed by atoms with Crippen LogP contribution >= 0.6 is 21.9 Å². The van der Waals surface area contributed by atoms with Crippen molar-refractivity contribution in [2.45, 2.75) is 29.4 Å². The molecule has 0 amide bonds. The molecule has 8 aromatic carbocycles. The molecule has 3 aliphatic heterocycles. The molecule has 4 heterocycles. The van der Waals surface area contributed by atoms with E-state index in [1.807, 2.05) is 96.3 Å². The zero-order chi connectivity index (χ0) is 40.1. The first-order valence-corrected chi connectivity index (χ1v) is 23.6. The molecule has 0 aliphatic carbocycles. The Hall–Kier alpha value is -5.85. The molecule has 9 aromatic rings. The first-order valence-electron chi connectivity index (χ1n) is 18.3. The highest BCUT2D eigenvalue weighted by atomic mass is 32.3. The van der Waals surface area contributed by atoms with E-state index in [0.29, 0.717) is 29.4 Å². The van der Waals surface area contributed by atoms with Gasteiger partial charge in [0.1, 0.15) is 0 Å². The minimum absolute atomic E-state index is 0.422. The number of sulfone groups is 2. The molecule has 0 radical (unpaired) electrons. The highest BCUT2D eigenvalue weighted by Crippen LogP contribution is 2.66.